The molecule has 0 amide bonds. The third-order valence-electron chi connectivity index (χ3n) is 4.03. The van der Waals surface area contributed by atoms with Gasteiger partial charge >= 0.3 is 0 Å². The summed E-state index contributed by atoms with van der Waals surface area (Å²) in [6.07, 6.45) is 0.633. The molecule has 21 heavy (non-hydrogen) atoms. The van der Waals surface area contributed by atoms with Gasteiger partial charge in [0.1, 0.15) is 5.60 Å². The SMILES string of the molecule is CCN(CC)CC(O)(Cc1ccccc1)c1ccccc1. The fourth-order valence-corrected chi connectivity index (χ4v) is 2.75. The summed E-state index contributed by atoms with van der Waals surface area (Å²) in [7, 11) is 0. The van der Waals surface area contributed by atoms with E-state index >= 15 is 0 Å². The first-order valence-corrected chi connectivity index (χ1v) is 7.72. The van der Waals surface area contributed by atoms with Crippen LogP contribution in [0.15, 0.2) is 60.7 Å². The van der Waals surface area contributed by atoms with Crippen molar-refractivity contribution in [3.8, 4) is 0 Å². The first-order chi connectivity index (χ1) is 10.2. The van der Waals surface area contributed by atoms with E-state index in [-0.39, 0.29) is 0 Å². The van der Waals surface area contributed by atoms with E-state index in [4.69, 9.17) is 0 Å². The van der Waals surface area contributed by atoms with Gasteiger partial charge in [-0.1, -0.05) is 74.5 Å². The Morgan fingerprint density at radius 1 is 0.857 bits per heavy atom. The van der Waals surface area contributed by atoms with E-state index in [1.807, 2.05) is 48.5 Å². The normalized spacial score (nSPS) is 14.1. The monoisotopic (exact) mass is 283 g/mol. The molecule has 0 fully saturated rings. The minimum atomic E-state index is -0.853. The maximum atomic E-state index is 11.3. The lowest BCUT2D eigenvalue weighted by molar-refractivity contribution is 0.00157. The third kappa shape index (κ3) is 4.16. The number of aliphatic hydroxyl groups is 1. The van der Waals surface area contributed by atoms with Crippen molar-refractivity contribution in [3.63, 3.8) is 0 Å². The Kier molecular flexibility index (Phi) is 5.54. The molecule has 0 bridgehead atoms. The smallest absolute Gasteiger partial charge is 0.106 e. The molecule has 1 atom stereocenters. The average Bonchev–Trinajstić information content (AvgIpc) is 2.54. The highest BCUT2D eigenvalue weighted by molar-refractivity contribution is 5.27. The van der Waals surface area contributed by atoms with Crippen LogP contribution in [0.25, 0.3) is 0 Å². The molecule has 0 aliphatic rings. The van der Waals surface area contributed by atoms with Gasteiger partial charge in [0, 0.05) is 13.0 Å². The molecule has 2 nitrogen and oxygen atoms in total. The maximum absolute atomic E-state index is 11.3. The van der Waals surface area contributed by atoms with Crippen LogP contribution in [0.2, 0.25) is 0 Å². The topological polar surface area (TPSA) is 23.5 Å². The zero-order chi connectivity index (χ0) is 15.1. The van der Waals surface area contributed by atoms with Crippen molar-refractivity contribution in [2.45, 2.75) is 25.9 Å². The third-order valence-corrected chi connectivity index (χ3v) is 4.03. The lowest BCUT2D eigenvalue weighted by Gasteiger charge is -2.34. The zero-order valence-electron chi connectivity index (χ0n) is 13.0. The van der Waals surface area contributed by atoms with Crippen LogP contribution in [-0.2, 0) is 12.0 Å². The van der Waals surface area contributed by atoms with E-state index < -0.39 is 5.60 Å². The Labute approximate surface area is 128 Å². The van der Waals surface area contributed by atoms with Crippen LogP contribution < -0.4 is 0 Å². The second-order valence-corrected chi connectivity index (χ2v) is 5.52. The van der Waals surface area contributed by atoms with Gasteiger partial charge in [0.25, 0.3) is 0 Å². The van der Waals surface area contributed by atoms with Crippen molar-refractivity contribution in [1.29, 1.82) is 0 Å². The van der Waals surface area contributed by atoms with Crippen LogP contribution in [0.3, 0.4) is 0 Å². The minimum absolute atomic E-state index is 0.633. The molecule has 0 aliphatic carbocycles. The Balaban J connectivity index is 2.29. The number of benzene rings is 2. The van der Waals surface area contributed by atoms with Gasteiger partial charge < -0.3 is 10.0 Å². The van der Waals surface area contributed by atoms with Crippen molar-refractivity contribution in [1.82, 2.24) is 4.90 Å². The molecule has 0 radical (unpaired) electrons. The second kappa shape index (κ2) is 7.39. The first-order valence-electron chi connectivity index (χ1n) is 7.72. The summed E-state index contributed by atoms with van der Waals surface area (Å²) in [5.74, 6) is 0. The molecule has 0 spiro atoms. The molecule has 112 valence electrons. The summed E-state index contributed by atoms with van der Waals surface area (Å²) in [5, 5.41) is 11.3. The molecule has 2 rings (SSSR count). The Morgan fingerprint density at radius 3 is 1.90 bits per heavy atom. The summed E-state index contributed by atoms with van der Waals surface area (Å²) in [6.45, 7) is 6.81. The quantitative estimate of drug-likeness (QED) is 0.841. The lowest BCUT2D eigenvalue weighted by Crippen LogP contribution is -2.42. The molecule has 0 saturated carbocycles. The first kappa shape index (κ1) is 15.7. The predicted octanol–water partition coefficient (Wildman–Crippen LogP) is 3.46. The number of likely N-dealkylation sites (N-methyl/N-ethyl adjacent to an activating group) is 1. The van der Waals surface area contributed by atoms with Gasteiger partial charge in [-0.25, -0.2) is 0 Å². The summed E-state index contributed by atoms with van der Waals surface area (Å²) in [6, 6.07) is 20.2. The molecular weight excluding hydrogens is 258 g/mol. The van der Waals surface area contributed by atoms with E-state index in [0.717, 1.165) is 24.2 Å². The standard InChI is InChI=1S/C19H25NO/c1-3-20(4-2)16-19(21,18-13-9-6-10-14-18)15-17-11-7-5-8-12-17/h5-14,21H,3-4,15-16H2,1-2H3. The van der Waals surface area contributed by atoms with Crippen LogP contribution >= 0.6 is 0 Å². The van der Waals surface area contributed by atoms with Crippen molar-refractivity contribution in [2.24, 2.45) is 0 Å². The summed E-state index contributed by atoms with van der Waals surface area (Å²) in [5.41, 5.74) is 1.30. The van der Waals surface area contributed by atoms with E-state index in [0.29, 0.717) is 13.0 Å². The molecule has 2 aromatic carbocycles. The van der Waals surface area contributed by atoms with Crippen molar-refractivity contribution in [2.75, 3.05) is 19.6 Å². The highest BCUT2D eigenvalue weighted by atomic mass is 16.3. The fraction of sp³-hybridized carbons (Fsp3) is 0.368. The molecule has 2 aromatic rings. The number of hydrogen-bond donors (Lipinski definition) is 1. The molecule has 1 N–H and O–H groups in total. The van der Waals surface area contributed by atoms with Crippen LogP contribution in [0.1, 0.15) is 25.0 Å². The van der Waals surface area contributed by atoms with Gasteiger partial charge in [-0.3, -0.25) is 0 Å². The van der Waals surface area contributed by atoms with Crippen molar-refractivity contribution >= 4 is 0 Å². The van der Waals surface area contributed by atoms with Gasteiger partial charge in [0.2, 0.25) is 0 Å². The zero-order valence-corrected chi connectivity index (χ0v) is 13.0. The van der Waals surface area contributed by atoms with Gasteiger partial charge in [0.05, 0.1) is 0 Å². The summed E-state index contributed by atoms with van der Waals surface area (Å²) in [4.78, 5) is 2.27. The molecule has 2 heteroatoms. The average molecular weight is 283 g/mol. The highest BCUT2D eigenvalue weighted by Crippen LogP contribution is 2.27. The Bertz CT molecular complexity index is 522. The minimum Gasteiger partial charge on any atom is -0.383 e. The Hall–Kier alpha value is -1.64. The maximum Gasteiger partial charge on any atom is 0.106 e. The van der Waals surface area contributed by atoms with E-state index in [1.54, 1.807) is 0 Å². The predicted molar refractivity (Wildman–Crippen MR) is 88.3 cm³/mol. The van der Waals surface area contributed by atoms with Crippen LogP contribution in [0.4, 0.5) is 0 Å². The van der Waals surface area contributed by atoms with Crippen molar-refractivity contribution in [3.05, 3.63) is 71.8 Å². The lowest BCUT2D eigenvalue weighted by atomic mass is 9.86. The van der Waals surface area contributed by atoms with E-state index in [1.165, 1.54) is 0 Å². The Morgan fingerprint density at radius 2 is 1.38 bits per heavy atom. The largest absolute Gasteiger partial charge is 0.383 e. The summed E-state index contributed by atoms with van der Waals surface area (Å²) >= 11 is 0. The molecule has 1 unspecified atom stereocenters. The molecule has 0 heterocycles. The number of nitrogens with zero attached hydrogens (tertiary/aromatic N) is 1. The van der Waals surface area contributed by atoms with Gasteiger partial charge in [-0.05, 0) is 24.2 Å². The van der Waals surface area contributed by atoms with Crippen LogP contribution in [0, 0.1) is 0 Å². The van der Waals surface area contributed by atoms with E-state index in [9.17, 15) is 5.11 Å². The number of hydrogen-bond acceptors (Lipinski definition) is 2. The van der Waals surface area contributed by atoms with Gasteiger partial charge in [-0.2, -0.15) is 0 Å². The van der Waals surface area contributed by atoms with Crippen LogP contribution in [0.5, 0.6) is 0 Å². The molecule has 0 aromatic heterocycles. The second-order valence-electron chi connectivity index (χ2n) is 5.52. The van der Waals surface area contributed by atoms with Gasteiger partial charge in [-0.15, -0.1) is 0 Å². The molecular formula is C19H25NO. The molecule has 0 aliphatic heterocycles. The highest BCUT2D eigenvalue weighted by Gasteiger charge is 2.31. The van der Waals surface area contributed by atoms with Crippen LogP contribution in [-0.4, -0.2) is 29.6 Å². The van der Waals surface area contributed by atoms with E-state index in [2.05, 4.69) is 30.9 Å². The van der Waals surface area contributed by atoms with Gasteiger partial charge in [0.15, 0.2) is 0 Å². The van der Waals surface area contributed by atoms with Crippen molar-refractivity contribution < 1.29 is 5.11 Å². The summed E-state index contributed by atoms with van der Waals surface area (Å²) < 4.78 is 0. The molecule has 0 saturated heterocycles. The number of rotatable bonds is 7. The fourth-order valence-electron chi connectivity index (χ4n) is 2.75.